The summed E-state index contributed by atoms with van der Waals surface area (Å²) in [5, 5.41) is 8.89. The van der Waals surface area contributed by atoms with E-state index in [9.17, 15) is 4.79 Å². The first-order valence-electron chi connectivity index (χ1n) is 9.65. The van der Waals surface area contributed by atoms with Gasteiger partial charge < -0.3 is 15.2 Å². The Morgan fingerprint density at radius 2 is 1.93 bits per heavy atom. The molecule has 146 valence electrons. The molecule has 0 atom stereocenters. The number of nitrogen functional groups attached to an aromatic ring is 1. The molecule has 3 heterocycles. The van der Waals surface area contributed by atoms with Gasteiger partial charge in [0.25, 0.3) is 0 Å². The molecule has 28 heavy (non-hydrogen) atoms. The lowest BCUT2D eigenvalue weighted by molar-refractivity contribution is -0.129. The van der Waals surface area contributed by atoms with E-state index >= 15 is 0 Å². The van der Waals surface area contributed by atoms with E-state index in [1.165, 1.54) is 16.4 Å². The van der Waals surface area contributed by atoms with Gasteiger partial charge in [-0.05, 0) is 37.8 Å². The fraction of sp³-hybridized carbons (Fsp3) is 0.474. The van der Waals surface area contributed by atoms with E-state index in [0.717, 1.165) is 48.5 Å². The van der Waals surface area contributed by atoms with E-state index in [-0.39, 0.29) is 11.8 Å². The lowest BCUT2D eigenvalue weighted by Gasteiger charge is -2.30. The second kappa shape index (κ2) is 7.12. The fourth-order valence-corrected chi connectivity index (χ4v) is 4.43. The normalized spacial score (nSPS) is 18.1. The predicted molar refractivity (Wildman–Crippen MR) is 105 cm³/mol. The first kappa shape index (κ1) is 17.5. The SMILES string of the molecule is Nn1c(SCC(=O)N2CCC(c3nc4ccccc4o3)CC2)nnc1C1CC1. The topological polar surface area (TPSA) is 103 Å². The van der Waals surface area contributed by atoms with Gasteiger partial charge in [0.15, 0.2) is 17.3 Å². The van der Waals surface area contributed by atoms with Crippen LogP contribution in [0.3, 0.4) is 0 Å². The molecule has 1 amide bonds. The fourth-order valence-electron chi connectivity index (χ4n) is 3.66. The van der Waals surface area contributed by atoms with Gasteiger partial charge in [-0.1, -0.05) is 23.9 Å². The van der Waals surface area contributed by atoms with E-state index in [1.54, 1.807) is 0 Å². The highest BCUT2D eigenvalue weighted by Crippen LogP contribution is 2.39. The summed E-state index contributed by atoms with van der Waals surface area (Å²) in [4.78, 5) is 19.1. The predicted octanol–water partition coefficient (Wildman–Crippen LogP) is 2.51. The second-order valence-corrected chi connectivity index (χ2v) is 8.39. The zero-order valence-electron chi connectivity index (χ0n) is 15.5. The van der Waals surface area contributed by atoms with Gasteiger partial charge in [0, 0.05) is 24.9 Å². The molecular weight excluding hydrogens is 376 g/mol. The molecule has 8 nitrogen and oxygen atoms in total. The Hall–Kier alpha value is -2.55. The minimum Gasteiger partial charge on any atom is -0.440 e. The smallest absolute Gasteiger partial charge is 0.233 e. The van der Waals surface area contributed by atoms with E-state index in [2.05, 4.69) is 15.2 Å². The van der Waals surface area contributed by atoms with Crippen molar-refractivity contribution in [2.45, 2.75) is 42.7 Å². The molecule has 1 aliphatic heterocycles. The van der Waals surface area contributed by atoms with E-state index in [1.807, 2.05) is 29.2 Å². The Morgan fingerprint density at radius 3 is 2.68 bits per heavy atom. The van der Waals surface area contributed by atoms with Crippen molar-refractivity contribution in [1.82, 2.24) is 24.8 Å². The maximum atomic E-state index is 12.6. The molecule has 0 unspecified atom stereocenters. The number of hydrogen-bond acceptors (Lipinski definition) is 7. The van der Waals surface area contributed by atoms with Crippen LogP contribution in [-0.4, -0.2) is 49.5 Å². The zero-order chi connectivity index (χ0) is 19.1. The van der Waals surface area contributed by atoms with Gasteiger partial charge in [0.2, 0.25) is 11.1 Å². The van der Waals surface area contributed by atoms with Gasteiger partial charge in [-0.15, -0.1) is 10.2 Å². The molecule has 1 aromatic carbocycles. The van der Waals surface area contributed by atoms with Crippen LogP contribution < -0.4 is 5.84 Å². The van der Waals surface area contributed by atoms with Crippen molar-refractivity contribution < 1.29 is 9.21 Å². The average molecular weight is 398 g/mol. The van der Waals surface area contributed by atoms with E-state index < -0.39 is 0 Å². The van der Waals surface area contributed by atoms with Crippen molar-refractivity contribution in [1.29, 1.82) is 0 Å². The van der Waals surface area contributed by atoms with Crippen molar-refractivity contribution >= 4 is 28.8 Å². The minimum absolute atomic E-state index is 0.108. The summed E-state index contributed by atoms with van der Waals surface area (Å²) >= 11 is 1.36. The molecule has 2 N–H and O–H groups in total. The van der Waals surface area contributed by atoms with Gasteiger partial charge in [0.05, 0.1) is 5.75 Å². The molecule has 0 radical (unpaired) electrons. The number of para-hydroxylation sites is 2. The van der Waals surface area contributed by atoms with Crippen LogP contribution >= 0.6 is 11.8 Å². The van der Waals surface area contributed by atoms with Crippen molar-refractivity contribution in [2.75, 3.05) is 24.7 Å². The highest BCUT2D eigenvalue weighted by atomic mass is 32.2. The van der Waals surface area contributed by atoms with Gasteiger partial charge in [0.1, 0.15) is 5.52 Å². The molecule has 3 aromatic rings. The molecule has 5 rings (SSSR count). The number of nitrogens with zero attached hydrogens (tertiary/aromatic N) is 5. The number of rotatable bonds is 5. The summed E-state index contributed by atoms with van der Waals surface area (Å²) < 4.78 is 7.43. The minimum atomic E-state index is 0.108. The summed E-state index contributed by atoms with van der Waals surface area (Å²) in [6.07, 6.45) is 3.96. The molecular formula is C19H22N6O2S. The number of carbonyl (C=O) groups excluding carboxylic acids is 1. The number of aromatic nitrogens is 4. The number of amides is 1. The quantitative estimate of drug-likeness (QED) is 0.520. The summed E-state index contributed by atoms with van der Waals surface area (Å²) in [6.45, 7) is 1.43. The number of thioether (sulfide) groups is 1. The van der Waals surface area contributed by atoms with Crippen LogP contribution in [0.25, 0.3) is 11.1 Å². The standard InChI is InChI=1S/C19H22N6O2S/c20-25-17(12-5-6-12)22-23-19(25)28-11-16(26)24-9-7-13(8-10-24)18-21-14-3-1-2-4-15(14)27-18/h1-4,12-13H,5-11,20H2. The van der Waals surface area contributed by atoms with E-state index in [4.69, 9.17) is 10.3 Å². The zero-order valence-corrected chi connectivity index (χ0v) is 16.3. The first-order chi connectivity index (χ1) is 13.7. The van der Waals surface area contributed by atoms with Crippen LogP contribution in [0.1, 0.15) is 49.2 Å². The molecule has 0 bridgehead atoms. The van der Waals surface area contributed by atoms with E-state index in [0.29, 0.717) is 29.9 Å². The summed E-state index contributed by atoms with van der Waals surface area (Å²) in [7, 11) is 0. The van der Waals surface area contributed by atoms with Crippen LogP contribution in [0.2, 0.25) is 0 Å². The number of hydrogen-bond donors (Lipinski definition) is 1. The number of fused-ring (bicyclic) bond motifs is 1. The molecule has 2 aromatic heterocycles. The lowest BCUT2D eigenvalue weighted by atomic mass is 9.97. The molecule has 0 spiro atoms. The molecule has 1 saturated carbocycles. The maximum absolute atomic E-state index is 12.6. The average Bonchev–Trinajstić information content (AvgIpc) is 3.36. The molecule has 9 heteroatoms. The number of benzene rings is 1. The Balaban J connectivity index is 1.15. The summed E-state index contributed by atoms with van der Waals surface area (Å²) in [5.74, 6) is 8.80. The lowest BCUT2D eigenvalue weighted by Crippen LogP contribution is -2.39. The number of nitrogens with two attached hydrogens (primary N) is 1. The molecule has 1 aliphatic carbocycles. The third kappa shape index (κ3) is 3.34. The summed E-state index contributed by atoms with van der Waals surface area (Å²) in [5.41, 5.74) is 1.72. The van der Waals surface area contributed by atoms with Gasteiger partial charge >= 0.3 is 0 Å². The second-order valence-electron chi connectivity index (χ2n) is 7.45. The maximum Gasteiger partial charge on any atom is 0.233 e. The van der Waals surface area contributed by atoms with Gasteiger partial charge in [-0.2, -0.15) is 0 Å². The number of likely N-dealkylation sites (tertiary alicyclic amines) is 1. The first-order valence-corrected chi connectivity index (χ1v) is 10.6. The number of carbonyl (C=O) groups is 1. The van der Waals surface area contributed by atoms with Crippen LogP contribution in [-0.2, 0) is 4.79 Å². The third-order valence-corrected chi connectivity index (χ3v) is 6.39. The summed E-state index contributed by atoms with van der Waals surface area (Å²) in [6, 6.07) is 7.81. The van der Waals surface area contributed by atoms with Crippen LogP contribution in [0.5, 0.6) is 0 Å². The van der Waals surface area contributed by atoms with Crippen LogP contribution in [0.15, 0.2) is 33.8 Å². The van der Waals surface area contributed by atoms with Crippen molar-refractivity contribution in [3.05, 3.63) is 36.0 Å². The Bertz CT molecular complexity index is 970. The van der Waals surface area contributed by atoms with Crippen molar-refractivity contribution in [3.63, 3.8) is 0 Å². The molecule has 2 aliphatic rings. The van der Waals surface area contributed by atoms with Crippen molar-refractivity contribution in [2.24, 2.45) is 0 Å². The highest BCUT2D eigenvalue weighted by molar-refractivity contribution is 7.99. The highest BCUT2D eigenvalue weighted by Gasteiger charge is 2.31. The Labute approximate surface area is 166 Å². The molecule has 2 fully saturated rings. The van der Waals surface area contributed by atoms with Gasteiger partial charge in [-0.25, -0.2) is 9.66 Å². The van der Waals surface area contributed by atoms with Crippen molar-refractivity contribution in [3.8, 4) is 0 Å². The largest absolute Gasteiger partial charge is 0.440 e. The van der Waals surface area contributed by atoms with Gasteiger partial charge in [-0.3, -0.25) is 4.79 Å². The van der Waals surface area contributed by atoms with Crippen LogP contribution in [0.4, 0.5) is 0 Å². The third-order valence-electron chi connectivity index (χ3n) is 5.47. The number of piperidine rings is 1. The van der Waals surface area contributed by atoms with Crippen LogP contribution in [0, 0.1) is 0 Å². The monoisotopic (exact) mass is 398 g/mol. The Morgan fingerprint density at radius 1 is 1.14 bits per heavy atom. The Kier molecular flexibility index (Phi) is 4.46. The number of oxazole rings is 1. The molecule has 1 saturated heterocycles.